The molecule has 4 N–H and O–H groups in total. The quantitative estimate of drug-likeness (QED) is 0.0615. The third-order valence-corrected chi connectivity index (χ3v) is 18.1. The first kappa shape index (κ1) is 64.3. The average Bonchev–Trinajstić information content (AvgIpc) is 1.53. The highest BCUT2D eigenvalue weighted by molar-refractivity contribution is 5.89. The Bertz CT molecular complexity index is 2950. The lowest BCUT2D eigenvalue weighted by molar-refractivity contribution is -0.159. The van der Waals surface area contributed by atoms with Gasteiger partial charge in [-0.25, -0.2) is 28.8 Å². The van der Waals surface area contributed by atoms with Crippen LogP contribution in [0.1, 0.15) is 116 Å². The van der Waals surface area contributed by atoms with Crippen molar-refractivity contribution in [1.29, 1.82) is 0 Å². The molecule has 0 aromatic heterocycles. The Hall–Kier alpha value is -8.64. The van der Waals surface area contributed by atoms with Crippen molar-refractivity contribution in [2.45, 2.75) is 179 Å². The first-order valence-corrected chi connectivity index (χ1v) is 31.0. The van der Waals surface area contributed by atoms with Gasteiger partial charge in [0.05, 0.1) is 26.7 Å². The molecule has 2 unspecified atom stereocenters. The molecule has 0 bridgehead atoms. The first-order chi connectivity index (χ1) is 42.9. The molecule has 24 heteroatoms. The van der Waals surface area contributed by atoms with E-state index in [2.05, 4.69) is 31.1 Å². The highest BCUT2D eigenvalue weighted by Crippen LogP contribution is 2.47. The zero-order valence-electron chi connectivity index (χ0n) is 52.8. The maximum atomic E-state index is 15.1. The molecule has 482 valence electrons. The van der Waals surface area contributed by atoms with Crippen LogP contribution in [-0.4, -0.2) is 186 Å². The maximum absolute atomic E-state index is 15.1. The lowest BCUT2D eigenvalue weighted by Gasteiger charge is -2.59. The number of hydrogen-bond acceptors (Lipinski definition) is 14. The highest BCUT2D eigenvalue weighted by atomic mass is 16.6. The first-order valence-electron chi connectivity index (χ1n) is 31.0. The summed E-state index contributed by atoms with van der Waals surface area (Å²) in [6, 6.07) is 34.0. The monoisotopic (exact) mass is 1240 g/mol. The molecule has 6 saturated heterocycles. The summed E-state index contributed by atoms with van der Waals surface area (Å²) in [6.45, 7) is 17.0. The summed E-state index contributed by atoms with van der Waals surface area (Å²) in [5.74, 6) is -0.706. The van der Waals surface area contributed by atoms with Crippen LogP contribution in [0.15, 0.2) is 121 Å². The van der Waals surface area contributed by atoms with Crippen molar-refractivity contribution < 1.29 is 57.3 Å². The van der Waals surface area contributed by atoms with Crippen molar-refractivity contribution in [3.8, 4) is 0 Å². The second kappa shape index (κ2) is 26.8. The van der Waals surface area contributed by atoms with E-state index in [1.807, 2.05) is 187 Å². The molecule has 6 fully saturated rings. The van der Waals surface area contributed by atoms with Gasteiger partial charge in [-0.15, -0.1) is 0 Å². The van der Waals surface area contributed by atoms with Gasteiger partial charge in [0.2, 0.25) is 11.8 Å². The van der Waals surface area contributed by atoms with Gasteiger partial charge in [-0.3, -0.25) is 39.0 Å². The van der Waals surface area contributed by atoms with E-state index in [0.29, 0.717) is 25.7 Å². The van der Waals surface area contributed by atoms with Gasteiger partial charge in [-0.05, 0) is 116 Å². The molecule has 6 heterocycles. The number of likely N-dealkylation sites (tertiary alicyclic amines) is 2. The third-order valence-electron chi connectivity index (χ3n) is 18.1. The Kier molecular flexibility index (Phi) is 19.2. The van der Waals surface area contributed by atoms with E-state index >= 15 is 9.59 Å². The van der Waals surface area contributed by atoms with Gasteiger partial charge in [0, 0.05) is 47.3 Å². The van der Waals surface area contributed by atoms with Crippen LogP contribution in [-0.2, 0) is 55.0 Å². The van der Waals surface area contributed by atoms with Crippen LogP contribution >= 0.6 is 0 Å². The fourth-order valence-corrected chi connectivity index (χ4v) is 14.7. The second-order valence-electron chi connectivity index (χ2n) is 26.8. The Morgan fingerprint density at radius 1 is 0.411 bits per heavy atom. The average molecular weight is 1240 g/mol. The van der Waals surface area contributed by atoms with E-state index in [0.717, 1.165) is 22.3 Å². The number of nitrogens with one attached hydrogen (secondary N) is 4. The molecule has 90 heavy (non-hydrogen) atoms. The van der Waals surface area contributed by atoms with Gasteiger partial charge in [0.1, 0.15) is 38.5 Å². The highest BCUT2D eigenvalue weighted by Gasteiger charge is 2.65. The number of amides is 10. The summed E-state index contributed by atoms with van der Waals surface area (Å²) in [4.78, 5) is 128. The Morgan fingerprint density at radius 3 is 0.933 bits per heavy atom. The molecule has 2 atom stereocenters. The van der Waals surface area contributed by atoms with Crippen molar-refractivity contribution in [1.82, 2.24) is 60.5 Å². The molecule has 0 radical (unpaired) electrons. The van der Waals surface area contributed by atoms with Crippen molar-refractivity contribution in [3.05, 3.63) is 144 Å². The largest absolute Gasteiger partial charge is 0.445 e. The third kappa shape index (κ3) is 14.5. The Balaban J connectivity index is 0.784. The summed E-state index contributed by atoms with van der Waals surface area (Å²) < 4.78 is 22.0. The fourth-order valence-electron chi connectivity index (χ4n) is 14.7. The van der Waals surface area contributed by atoms with Crippen LogP contribution in [0.5, 0.6) is 0 Å². The Labute approximate surface area is 526 Å². The van der Waals surface area contributed by atoms with E-state index in [4.69, 9.17) is 18.9 Å². The predicted molar refractivity (Wildman–Crippen MR) is 331 cm³/mol. The molecule has 0 spiro atoms. The van der Waals surface area contributed by atoms with Crippen LogP contribution in [0.2, 0.25) is 0 Å². The number of ether oxygens (including phenoxy) is 4. The number of hydrogen-bond donors (Lipinski definition) is 4. The van der Waals surface area contributed by atoms with Gasteiger partial charge < -0.3 is 50.0 Å². The summed E-state index contributed by atoms with van der Waals surface area (Å²) in [5.41, 5.74) is -0.0592. The molecule has 24 nitrogen and oxygen atoms in total. The predicted octanol–water partition coefficient (Wildman–Crippen LogP) is 7.89. The van der Waals surface area contributed by atoms with Gasteiger partial charge in [-0.2, -0.15) is 0 Å². The number of carbonyl (C=O) groups is 8. The number of rotatable bonds is 20. The van der Waals surface area contributed by atoms with E-state index in [1.54, 1.807) is 19.6 Å². The minimum absolute atomic E-state index is 0.0124. The smallest absolute Gasteiger partial charge is 0.408 e. The number of nitrogens with zero attached hydrogens (tertiary/aromatic N) is 8. The molecule has 6 aliphatic heterocycles. The van der Waals surface area contributed by atoms with E-state index in [9.17, 15) is 28.8 Å². The van der Waals surface area contributed by atoms with Crippen LogP contribution in [0, 0.1) is 0 Å². The maximum Gasteiger partial charge on any atom is 0.408 e. The van der Waals surface area contributed by atoms with Crippen molar-refractivity contribution in [3.63, 3.8) is 0 Å². The zero-order chi connectivity index (χ0) is 64.1. The van der Waals surface area contributed by atoms with Crippen molar-refractivity contribution in [2.75, 3.05) is 39.8 Å². The zero-order valence-corrected chi connectivity index (χ0v) is 52.8. The molecule has 10 rings (SSSR count). The van der Waals surface area contributed by atoms with Crippen LogP contribution in [0.4, 0.5) is 28.8 Å². The SMILES string of the molecule is CC1(C)CC(N2CN3C(=O)N4CN(C5CC(C)(C)N(C(=O)C(CCNC(=O)OCc6ccccc6)NC(=O)OCc6ccccc6)C(C)(C)C5)CN5C(=O)N(C2)C3C45)CC(C)(C)N1C(=O)C(CCNC(=O)OCc1ccccc1)NC(=O)OCc1ccccc1. The number of alkyl carbamates (subject to hydrolysis) is 4. The minimum atomic E-state index is -1.09. The summed E-state index contributed by atoms with van der Waals surface area (Å²) in [6.07, 6.45) is -1.97. The van der Waals surface area contributed by atoms with Crippen molar-refractivity contribution >= 4 is 48.2 Å². The van der Waals surface area contributed by atoms with E-state index in [1.165, 1.54) is 0 Å². The van der Waals surface area contributed by atoms with Crippen LogP contribution in [0.25, 0.3) is 0 Å². The van der Waals surface area contributed by atoms with Gasteiger partial charge >= 0.3 is 36.4 Å². The molecule has 6 aliphatic rings. The second-order valence-corrected chi connectivity index (χ2v) is 26.8. The molecule has 4 aromatic carbocycles. The molecule has 4 aromatic rings. The van der Waals surface area contributed by atoms with Gasteiger partial charge in [-0.1, -0.05) is 121 Å². The van der Waals surface area contributed by atoms with Crippen molar-refractivity contribution in [2.24, 2.45) is 0 Å². The summed E-state index contributed by atoms with van der Waals surface area (Å²) in [5, 5.41) is 11.1. The standard InChI is InChI=1S/C66H86N12O12/c1-63(2)33-49(34-64(3,4)77(63)55(79)51(69-59(83)89-39-47-25-17-11-18-26-47)29-31-67-57(81)87-37-45-21-13-9-14-22-45)71-41-73-53-54-75(61(73)85)43-72(44-76(54)62(86)74(53)42-71)50-35-65(5,6)78(66(7,8)36-50)56(80)52(70-60(84)90-40-48-27-19-12-20-28-48)30-32-68-58(82)88-38-46-23-15-10-16-24-46/h9-28,49-54H,29-44H2,1-8H3,(H,67,81)(H,68,82)(H,69,83)(H,70,84). The van der Waals surface area contributed by atoms with E-state index in [-0.39, 0.29) is 115 Å². The fraction of sp³-hybridized carbons (Fsp3) is 0.515. The topological polar surface area (TPSA) is 248 Å². The number of piperidine rings is 2. The van der Waals surface area contributed by atoms with E-state index < -0.39 is 70.9 Å². The molecule has 0 saturated carbocycles. The van der Waals surface area contributed by atoms with Gasteiger partial charge in [0.15, 0.2) is 12.3 Å². The van der Waals surface area contributed by atoms with Gasteiger partial charge in [0.25, 0.3) is 0 Å². The van der Waals surface area contributed by atoms with Crippen LogP contribution < -0.4 is 21.3 Å². The lowest BCUT2D eigenvalue weighted by atomic mass is 9.75. The lowest BCUT2D eigenvalue weighted by Crippen LogP contribution is -2.71. The summed E-state index contributed by atoms with van der Waals surface area (Å²) >= 11 is 0. The molecule has 0 aliphatic carbocycles. The molecule has 10 amide bonds. The number of urea groups is 2. The summed E-state index contributed by atoms with van der Waals surface area (Å²) in [7, 11) is 0. The number of benzene rings is 4. The normalized spacial score (nSPS) is 20.4. The molecular weight excluding hydrogens is 1150 g/mol. The minimum Gasteiger partial charge on any atom is -0.445 e. The van der Waals surface area contributed by atoms with Crippen LogP contribution in [0.3, 0.4) is 0 Å². The number of carbonyl (C=O) groups excluding carboxylic acids is 8. The molecular formula is C66H86N12O12. The Morgan fingerprint density at radius 2 is 0.667 bits per heavy atom.